The van der Waals surface area contributed by atoms with E-state index in [0.717, 1.165) is 18.1 Å². The van der Waals surface area contributed by atoms with E-state index in [2.05, 4.69) is 6.92 Å². The number of nitrogens with two attached hydrogens (primary N) is 1. The molecule has 0 aliphatic rings. The molecule has 2 aromatic rings. The molecular weight excluding hydrogens is 272 g/mol. The van der Waals surface area contributed by atoms with Crippen molar-refractivity contribution in [3.05, 3.63) is 65.2 Å². The molecule has 2 unspecified atom stereocenters. The van der Waals surface area contributed by atoms with Crippen LogP contribution in [0.2, 0.25) is 0 Å². The highest BCUT2D eigenvalue weighted by Crippen LogP contribution is 2.24. The van der Waals surface area contributed by atoms with Crippen molar-refractivity contribution in [2.75, 3.05) is 0 Å². The molecule has 2 aromatic carbocycles. The van der Waals surface area contributed by atoms with Gasteiger partial charge in [0.1, 0.15) is 6.10 Å². The molecule has 0 radical (unpaired) electrons. The monoisotopic (exact) mass is 291 g/mol. The summed E-state index contributed by atoms with van der Waals surface area (Å²) < 4.78 is 32.2. The number of rotatable bonds is 5. The minimum atomic E-state index is -0.988. The first kappa shape index (κ1) is 15.4. The van der Waals surface area contributed by atoms with E-state index in [1.54, 1.807) is 6.92 Å². The van der Waals surface area contributed by atoms with E-state index in [0.29, 0.717) is 0 Å². The Hall–Kier alpha value is -1.94. The number of halogens is 2. The zero-order valence-corrected chi connectivity index (χ0v) is 12.1. The second-order valence-electron chi connectivity index (χ2n) is 5.00. The lowest BCUT2D eigenvalue weighted by Crippen LogP contribution is -2.29. The molecule has 2 nitrogen and oxygen atoms in total. The highest BCUT2D eigenvalue weighted by Gasteiger charge is 2.19. The first-order valence-electron chi connectivity index (χ1n) is 6.98. The van der Waals surface area contributed by atoms with Gasteiger partial charge in [-0.3, -0.25) is 0 Å². The maximum Gasteiger partial charge on any atom is 0.200 e. The van der Waals surface area contributed by atoms with Crippen LogP contribution in [0, 0.1) is 11.6 Å². The Morgan fingerprint density at radius 2 is 1.76 bits per heavy atom. The van der Waals surface area contributed by atoms with Gasteiger partial charge in [-0.2, -0.15) is 4.39 Å². The van der Waals surface area contributed by atoms with Crippen molar-refractivity contribution in [1.29, 1.82) is 0 Å². The van der Waals surface area contributed by atoms with Crippen LogP contribution in [0.4, 0.5) is 8.78 Å². The van der Waals surface area contributed by atoms with Crippen molar-refractivity contribution >= 4 is 0 Å². The molecule has 0 fully saturated rings. The summed E-state index contributed by atoms with van der Waals surface area (Å²) in [6, 6.07) is 11.3. The van der Waals surface area contributed by atoms with E-state index in [-0.39, 0.29) is 5.75 Å². The van der Waals surface area contributed by atoms with Gasteiger partial charge in [0.05, 0.1) is 6.04 Å². The number of aryl methyl sites for hydroxylation is 1. The summed E-state index contributed by atoms with van der Waals surface area (Å²) in [5.74, 6) is -2.04. The topological polar surface area (TPSA) is 35.2 Å². The van der Waals surface area contributed by atoms with Crippen molar-refractivity contribution in [2.24, 2.45) is 5.73 Å². The lowest BCUT2D eigenvalue weighted by atomic mass is 10.0. The van der Waals surface area contributed by atoms with Crippen LogP contribution in [0.25, 0.3) is 0 Å². The van der Waals surface area contributed by atoms with Crippen LogP contribution >= 0.6 is 0 Å². The summed E-state index contributed by atoms with van der Waals surface area (Å²) in [6.07, 6.45) is 0.476. The maximum absolute atomic E-state index is 13.6. The minimum Gasteiger partial charge on any atom is -0.486 e. The Balaban J connectivity index is 2.11. The molecule has 2 N–H and O–H groups in total. The molecule has 0 aliphatic heterocycles. The first-order chi connectivity index (χ1) is 10.0. The van der Waals surface area contributed by atoms with Gasteiger partial charge in [-0.05, 0) is 36.6 Å². The normalized spacial score (nSPS) is 13.8. The fourth-order valence-electron chi connectivity index (χ4n) is 2.10. The van der Waals surface area contributed by atoms with Gasteiger partial charge in [-0.15, -0.1) is 0 Å². The molecule has 0 aliphatic carbocycles. The largest absolute Gasteiger partial charge is 0.486 e. The zero-order chi connectivity index (χ0) is 15.4. The number of benzene rings is 2. The van der Waals surface area contributed by atoms with Gasteiger partial charge in [0.2, 0.25) is 5.82 Å². The summed E-state index contributed by atoms with van der Waals surface area (Å²) in [7, 11) is 0. The van der Waals surface area contributed by atoms with Gasteiger partial charge >= 0.3 is 0 Å². The summed E-state index contributed by atoms with van der Waals surface area (Å²) in [4.78, 5) is 0. The Morgan fingerprint density at radius 3 is 2.38 bits per heavy atom. The Bertz CT molecular complexity index is 598. The van der Waals surface area contributed by atoms with Crippen molar-refractivity contribution in [2.45, 2.75) is 32.4 Å². The predicted molar refractivity (Wildman–Crippen MR) is 79.2 cm³/mol. The average molecular weight is 291 g/mol. The molecule has 21 heavy (non-hydrogen) atoms. The average Bonchev–Trinajstić information content (AvgIpc) is 2.51. The molecule has 0 bridgehead atoms. The molecule has 0 heterocycles. The molecule has 2 atom stereocenters. The fraction of sp³-hybridized carbons (Fsp3) is 0.294. The van der Waals surface area contributed by atoms with Gasteiger partial charge in [0, 0.05) is 0 Å². The molecule has 0 saturated heterocycles. The molecule has 0 saturated carbocycles. The van der Waals surface area contributed by atoms with Gasteiger partial charge in [-0.1, -0.05) is 37.3 Å². The van der Waals surface area contributed by atoms with Crippen molar-refractivity contribution in [3.63, 3.8) is 0 Å². The van der Waals surface area contributed by atoms with Crippen LogP contribution in [0.3, 0.4) is 0 Å². The Morgan fingerprint density at radius 1 is 1.10 bits per heavy atom. The number of ether oxygens (including phenoxy) is 1. The quantitative estimate of drug-likeness (QED) is 0.904. The van der Waals surface area contributed by atoms with Gasteiger partial charge < -0.3 is 10.5 Å². The van der Waals surface area contributed by atoms with E-state index in [9.17, 15) is 8.78 Å². The molecule has 4 heteroatoms. The van der Waals surface area contributed by atoms with Crippen LogP contribution in [-0.2, 0) is 6.42 Å². The van der Waals surface area contributed by atoms with E-state index < -0.39 is 23.8 Å². The lowest BCUT2D eigenvalue weighted by molar-refractivity contribution is 0.180. The lowest BCUT2D eigenvalue weighted by Gasteiger charge is -2.22. The highest BCUT2D eigenvalue weighted by atomic mass is 19.2. The second-order valence-corrected chi connectivity index (χ2v) is 5.00. The van der Waals surface area contributed by atoms with Gasteiger partial charge in [0.25, 0.3) is 0 Å². The van der Waals surface area contributed by atoms with Crippen LogP contribution < -0.4 is 10.5 Å². The smallest absolute Gasteiger partial charge is 0.200 e. The molecule has 0 amide bonds. The molecule has 112 valence electrons. The van der Waals surface area contributed by atoms with E-state index in [1.165, 1.54) is 17.7 Å². The number of hydrogen-bond acceptors (Lipinski definition) is 2. The van der Waals surface area contributed by atoms with Crippen molar-refractivity contribution < 1.29 is 13.5 Å². The summed E-state index contributed by atoms with van der Waals surface area (Å²) in [5.41, 5.74) is 8.24. The Kier molecular flexibility index (Phi) is 4.91. The molecule has 0 aromatic heterocycles. The predicted octanol–water partition coefficient (Wildman–Crippen LogP) is 3.99. The molecule has 0 spiro atoms. The maximum atomic E-state index is 13.6. The number of hydrogen-bond donors (Lipinski definition) is 1. The third kappa shape index (κ3) is 3.58. The van der Waals surface area contributed by atoms with Crippen LogP contribution in [-0.4, -0.2) is 6.10 Å². The third-order valence-electron chi connectivity index (χ3n) is 3.51. The standard InChI is InChI=1S/C17H19F2NO/c1-3-12-7-9-13(10-8-12)17(20)11(2)21-15-6-4-5-14(18)16(15)19/h4-11,17H,3,20H2,1-2H3. The van der Waals surface area contributed by atoms with Crippen LogP contribution in [0.1, 0.15) is 31.0 Å². The van der Waals surface area contributed by atoms with E-state index in [4.69, 9.17) is 10.5 Å². The summed E-state index contributed by atoms with van der Waals surface area (Å²) >= 11 is 0. The molecule has 2 rings (SSSR count). The van der Waals surface area contributed by atoms with Crippen molar-refractivity contribution in [3.8, 4) is 5.75 Å². The van der Waals surface area contributed by atoms with E-state index in [1.807, 2.05) is 24.3 Å². The van der Waals surface area contributed by atoms with E-state index >= 15 is 0 Å². The Labute approximate surface area is 123 Å². The molecular formula is C17H19F2NO. The van der Waals surface area contributed by atoms with Crippen LogP contribution in [0.15, 0.2) is 42.5 Å². The third-order valence-corrected chi connectivity index (χ3v) is 3.51. The second kappa shape index (κ2) is 6.68. The van der Waals surface area contributed by atoms with Gasteiger partial charge in [-0.25, -0.2) is 4.39 Å². The first-order valence-corrected chi connectivity index (χ1v) is 6.98. The SMILES string of the molecule is CCc1ccc(C(N)C(C)Oc2cccc(F)c2F)cc1. The summed E-state index contributed by atoms with van der Waals surface area (Å²) in [6.45, 7) is 3.82. The van der Waals surface area contributed by atoms with Gasteiger partial charge in [0.15, 0.2) is 11.6 Å². The van der Waals surface area contributed by atoms with Crippen molar-refractivity contribution in [1.82, 2.24) is 0 Å². The zero-order valence-electron chi connectivity index (χ0n) is 12.1. The highest BCUT2D eigenvalue weighted by molar-refractivity contribution is 5.28. The fourth-order valence-corrected chi connectivity index (χ4v) is 2.10. The summed E-state index contributed by atoms with van der Waals surface area (Å²) in [5, 5.41) is 0. The minimum absolute atomic E-state index is 0.122. The van der Waals surface area contributed by atoms with Crippen LogP contribution in [0.5, 0.6) is 5.75 Å².